The molecule has 6 atom stereocenters. The molecule has 4 amide bonds. The van der Waals surface area contributed by atoms with Crippen molar-refractivity contribution in [1.82, 2.24) is 9.78 Å². The Kier molecular flexibility index (Phi) is 7.62. The summed E-state index contributed by atoms with van der Waals surface area (Å²) in [6.45, 7) is 5.66. The summed E-state index contributed by atoms with van der Waals surface area (Å²) in [5.41, 5.74) is 3.14. The number of aryl methyl sites for hydroxylation is 3. The SMILES string of the molecule is Cc1cc([C@H]2C3=CC[C@@H]4C(=O)N(c5ccc(Cl)cc5)C(=O)[C@@H]4[C@@H]3C[C@H]3C(=O)N(c4cc(-c5sc6ccc(Cl)cc6c5C)nn4C)C(=O)[C@@]23C)ccc1O. The van der Waals surface area contributed by atoms with E-state index in [9.17, 15) is 19.5 Å². The molecule has 0 radical (unpaired) electrons. The first-order chi connectivity index (χ1) is 25.3. The van der Waals surface area contributed by atoms with Crippen LogP contribution in [0, 0.1) is 42.9 Å². The maximum Gasteiger partial charge on any atom is 0.242 e. The molecular weight excluding hydrogens is 731 g/mol. The zero-order chi connectivity index (χ0) is 37.2. The third kappa shape index (κ3) is 4.78. The number of halogens is 2. The molecule has 3 aromatic carbocycles. The number of imide groups is 2. The highest BCUT2D eigenvalue weighted by Crippen LogP contribution is 2.64. The molecule has 2 saturated heterocycles. The summed E-state index contributed by atoms with van der Waals surface area (Å²) in [4.78, 5) is 61.6. The second-order valence-electron chi connectivity index (χ2n) is 14.9. The minimum atomic E-state index is -1.23. The molecule has 12 heteroatoms. The van der Waals surface area contributed by atoms with E-state index in [1.165, 1.54) is 9.80 Å². The van der Waals surface area contributed by atoms with Gasteiger partial charge >= 0.3 is 0 Å². The lowest BCUT2D eigenvalue weighted by molar-refractivity contribution is -0.131. The largest absolute Gasteiger partial charge is 0.508 e. The molecule has 1 saturated carbocycles. The number of hydrogen-bond acceptors (Lipinski definition) is 7. The second kappa shape index (κ2) is 11.9. The van der Waals surface area contributed by atoms with Gasteiger partial charge in [-0.25, -0.2) is 4.90 Å². The van der Waals surface area contributed by atoms with Crippen molar-refractivity contribution < 1.29 is 24.3 Å². The van der Waals surface area contributed by atoms with Crippen molar-refractivity contribution in [2.24, 2.45) is 36.1 Å². The van der Waals surface area contributed by atoms with E-state index < -0.39 is 35.0 Å². The van der Waals surface area contributed by atoms with Crippen LogP contribution in [0.5, 0.6) is 5.75 Å². The van der Waals surface area contributed by atoms with Gasteiger partial charge in [0.15, 0.2) is 0 Å². The highest BCUT2D eigenvalue weighted by Gasteiger charge is 2.68. The molecule has 2 aromatic heterocycles. The Morgan fingerprint density at radius 3 is 2.34 bits per heavy atom. The van der Waals surface area contributed by atoms with E-state index in [1.54, 1.807) is 72.5 Å². The molecular formula is C41H34Cl2N4O5S. The van der Waals surface area contributed by atoms with Crippen LogP contribution in [-0.2, 0) is 26.2 Å². The van der Waals surface area contributed by atoms with Crippen LogP contribution in [0.3, 0.4) is 0 Å². The number of anilines is 2. The average Bonchev–Trinajstić information content (AvgIpc) is 3.80. The number of nitrogens with zero attached hydrogens (tertiary/aromatic N) is 4. The van der Waals surface area contributed by atoms with Gasteiger partial charge in [0.1, 0.15) is 17.3 Å². The molecule has 0 unspecified atom stereocenters. The first-order valence-electron chi connectivity index (χ1n) is 17.5. The fourth-order valence-corrected chi connectivity index (χ4v) is 11.0. The Bertz CT molecular complexity index is 2490. The van der Waals surface area contributed by atoms with E-state index >= 15 is 4.79 Å². The maximum atomic E-state index is 15.1. The Balaban J connectivity index is 1.15. The van der Waals surface area contributed by atoms with Gasteiger partial charge in [0, 0.05) is 33.8 Å². The van der Waals surface area contributed by atoms with E-state index in [0.29, 0.717) is 39.2 Å². The Morgan fingerprint density at radius 1 is 0.868 bits per heavy atom. The molecule has 9 nitrogen and oxygen atoms in total. The summed E-state index contributed by atoms with van der Waals surface area (Å²) in [6.07, 6.45) is 2.58. The number of amides is 4. The van der Waals surface area contributed by atoms with Crippen molar-refractivity contribution in [2.45, 2.75) is 39.5 Å². The number of phenolic OH excluding ortho intramolecular Hbond substituents is 1. The van der Waals surface area contributed by atoms with E-state index in [1.807, 2.05) is 44.2 Å². The fraction of sp³-hybridized carbons (Fsp3) is 0.293. The van der Waals surface area contributed by atoms with Crippen LogP contribution in [0.1, 0.15) is 42.4 Å². The monoisotopic (exact) mass is 764 g/mol. The number of thiophene rings is 1. The van der Waals surface area contributed by atoms with Crippen molar-refractivity contribution in [3.05, 3.63) is 105 Å². The lowest BCUT2D eigenvalue weighted by Gasteiger charge is -2.49. The van der Waals surface area contributed by atoms with Gasteiger partial charge in [0.2, 0.25) is 23.6 Å². The highest BCUT2D eigenvalue weighted by atomic mass is 35.5. The molecule has 268 valence electrons. The van der Waals surface area contributed by atoms with Crippen molar-refractivity contribution in [1.29, 1.82) is 0 Å². The summed E-state index contributed by atoms with van der Waals surface area (Å²) in [5.74, 6) is -3.98. The van der Waals surface area contributed by atoms with Crippen molar-refractivity contribution in [3.63, 3.8) is 0 Å². The standard InChI is InChI=1S/C41H34Cl2N4O5S/c1-19-15-21(5-13-31(19)48)35-25-11-12-26-34(39(51)46(37(26)49)24-9-6-22(42)7-10-24)28(25)17-29-38(50)47(40(52)41(29,35)3)33-18-30(44-45(33)4)36-20(2)27-16-23(43)8-14-32(27)53-36/h5-11,13-16,18,26,28-29,34-35,48H,12,17H2,1-4H3/t26-,28+,29-,34-,35-,41+/m0/s1. The molecule has 9 rings (SSSR count). The number of rotatable bonds is 4. The molecule has 3 fully saturated rings. The number of aromatic nitrogens is 2. The summed E-state index contributed by atoms with van der Waals surface area (Å²) >= 11 is 14.0. The molecule has 0 bridgehead atoms. The topological polar surface area (TPSA) is 113 Å². The van der Waals surface area contributed by atoms with Crippen LogP contribution < -0.4 is 9.80 Å². The van der Waals surface area contributed by atoms with Gasteiger partial charge in [-0.2, -0.15) is 5.10 Å². The van der Waals surface area contributed by atoms with Crippen molar-refractivity contribution in [2.75, 3.05) is 9.80 Å². The number of allylic oxidation sites excluding steroid dienone is 2. The molecule has 2 aliphatic carbocycles. The number of fused-ring (bicyclic) bond motifs is 5. The fourth-order valence-electron chi connectivity index (χ4n) is 9.53. The van der Waals surface area contributed by atoms with Crippen LogP contribution in [0.2, 0.25) is 10.0 Å². The smallest absolute Gasteiger partial charge is 0.242 e. The van der Waals surface area contributed by atoms with Gasteiger partial charge in [-0.1, -0.05) is 47.0 Å². The van der Waals surface area contributed by atoms with Crippen molar-refractivity contribution >= 4 is 79.8 Å². The number of carbonyl (C=O) groups is 4. The summed E-state index contributed by atoms with van der Waals surface area (Å²) in [6, 6.07) is 19.4. The predicted octanol–water partition coefficient (Wildman–Crippen LogP) is 8.37. The van der Waals surface area contributed by atoms with E-state index in [0.717, 1.165) is 31.7 Å². The number of phenols is 1. The number of carbonyl (C=O) groups excluding carboxylic acids is 4. The lowest BCUT2D eigenvalue weighted by Crippen LogP contribution is -2.49. The van der Waals surface area contributed by atoms with Crippen LogP contribution >= 0.6 is 34.5 Å². The highest BCUT2D eigenvalue weighted by molar-refractivity contribution is 7.22. The quantitative estimate of drug-likeness (QED) is 0.145. The van der Waals surface area contributed by atoms with Crippen LogP contribution in [0.25, 0.3) is 20.7 Å². The molecule has 0 spiro atoms. The molecule has 5 aromatic rings. The second-order valence-corrected chi connectivity index (χ2v) is 16.8. The molecule has 2 aliphatic heterocycles. The number of aromatic hydroxyl groups is 1. The summed E-state index contributed by atoms with van der Waals surface area (Å²) in [7, 11) is 1.73. The summed E-state index contributed by atoms with van der Waals surface area (Å²) < 4.78 is 2.63. The van der Waals surface area contributed by atoms with E-state index in [4.69, 9.17) is 28.3 Å². The third-order valence-corrected chi connectivity index (χ3v) is 13.9. The molecule has 53 heavy (non-hydrogen) atoms. The Morgan fingerprint density at radius 2 is 1.60 bits per heavy atom. The Hall–Kier alpha value is -4.77. The van der Waals surface area contributed by atoms with Crippen LogP contribution in [0.4, 0.5) is 11.5 Å². The lowest BCUT2D eigenvalue weighted by atomic mass is 9.51. The van der Waals surface area contributed by atoms with Gasteiger partial charge in [-0.3, -0.25) is 28.8 Å². The van der Waals surface area contributed by atoms with Crippen molar-refractivity contribution in [3.8, 4) is 16.3 Å². The minimum absolute atomic E-state index is 0.118. The van der Waals surface area contributed by atoms with E-state index in [-0.39, 0.29) is 35.8 Å². The zero-order valence-electron chi connectivity index (χ0n) is 29.3. The predicted molar refractivity (Wildman–Crippen MR) is 205 cm³/mol. The maximum absolute atomic E-state index is 15.1. The first kappa shape index (κ1) is 34.0. The first-order valence-corrected chi connectivity index (χ1v) is 19.1. The number of benzene rings is 3. The zero-order valence-corrected chi connectivity index (χ0v) is 31.6. The molecule has 1 N–H and O–H groups in total. The minimum Gasteiger partial charge on any atom is -0.508 e. The number of hydrogen-bond donors (Lipinski definition) is 1. The third-order valence-electron chi connectivity index (χ3n) is 12.1. The van der Waals surface area contributed by atoms with Gasteiger partial charge in [-0.15, -0.1) is 11.3 Å². The van der Waals surface area contributed by atoms with Crippen LogP contribution in [0.15, 0.2) is 78.4 Å². The van der Waals surface area contributed by atoms with Crippen LogP contribution in [-0.4, -0.2) is 38.5 Å². The normalized spacial score (nSPS) is 26.7. The van der Waals surface area contributed by atoms with Gasteiger partial charge < -0.3 is 5.11 Å². The summed E-state index contributed by atoms with van der Waals surface area (Å²) in [5, 5.41) is 17.5. The molecule has 4 heterocycles. The average molecular weight is 766 g/mol. The molecule has 4 aliphatic rings. The van der Waals surface area contributed by atoms with E-state index in [2.05, 4.69) is 0 Å². The van der Waals surface area contributed by atoms with Gasteiger partial charge in [0.25, 0.3) is 0 Å². The van der Waals surface area contributed by atoms with Gasteiger partial charge in [-0.05, 0) is 110 Å². The van der Waals surface area contributed by atoms with Gasteiger partial charge in [0.05, 0.1) is 33.7 Å². The Labute approximate surface area is 319 Å².